The highest BCUT2D eigenvalue weighted by molar-refractivity contribution is 7.89. The van der Waals surface area contributed by atoms with Crippen molar-refractivity contribution < 1.29 is 22.7 Å². The van der Waals surface area contributed by atoms with Crippen molar-refractivity contribution in [1.29, 1.82) is 0 Å². The number of hydrogen-bond acceptors (Lipinski definition) is 4. The number of aliphatic hydroxyl groups excluding tert-OH is 1. The van der Waals surface area contributed by atoms with E-state index in [4.69, 9.17) is 4.74 Å². The van der Waals surface area contributed by atoms with Crippen molar-refractivity contribution in [2.45, 2.75) is 30.0 Å². The summed E-state index contributed by atoms with van der Waals surface area (Å²) < 4.78 is 45.0. The van der Waals surface area contributed by atoms with Crippen molar-refractivity contribution in [1.82, 2.24) is 4.31 Å². The molecule has 2 aliphatic rings. The molecule has 1 fully saturated rings. The lowest BCUT2D eigenvalue weighted by atomic mass is 10.2. The molecule has 3 rings (SSSR count). The van der Waals surface area contributed by atoms with Crippen LogP contribution in [0.5, 0.6) is 5.75 Å². The van der Waals surface area contributed by atoms with E-state index in [1.807, 2.05) is 0 Å². The van der Waals surface area contributed by atoms with Gasteiger partial charge in [0, 0.05) is 13.0 Å². The quantitative estimate of drug-likeness (QED) is 0.893. The van der Waals surface area contributed by atoms with Crippen molar-refractivity contribution in [2.75, 3.05) is 19.8 Å². The normalized spacial score (nSPS) is 26.5. The second kappa shape index (κ2) is 4.98. The Kier molecular flexibility index (Phi) is 3.43. The predicted octanol–water partition coefficient (Wildman–Crippen LogP) is 0.715. The van der Waals surface area contributed by atoms with Crippen LogP contribution < -0.4 is 4.74 Å². The van der Waals surface area contributed by atoms with Crippen LogP contribution in [0.1, 0.15) is 12.0 Å². The van der Waals surface area contributed by atoms with Gasteiger partial charge in [0.1, 0.15) is 11.9 Å². The van der Waals surface area contributed by atoms with E-state index in [9.17, 15) is 17.9 Å². The number of halogens is 1. The van der Waals surface area contributed by atoms with Crippen LogP contribution in [0.4, 0.5) is 4.39 Å². The summed E-state index contributed by atoms with van der Waals surface area (Å²) in [4.78, 5) is 0.134. The van der Waals surface area contributed by atoms with Gasteiger partial charge in [-0.25, -0.2) is 12.8 Å². The largest absolute Gasteiger partial charge is 0.493 e. The van der Waals surface area contributed by atoms with E-state index in [-0.39, 0.29) is 24.5 Å². The van der Waals surface area contributed by atoms with E-state index in [1.165, 1.54) is 6.07 Å². The van der Waals surface area contributed by atoms with Gasteiger partial charge in [-0.05, 0) is 30.2 Å². The van der Waals surface area contributed by atoms with Gasteiger partial charge in [0.2, 0.25) is 10.0 Å². The first kappa shape index (κ1) is 13.8. The highest BCUT2D eigenvalue weighted by atomic mass is 32.2. The molecule has 0 saturated carbocycles. The first-order valence-electron chi connectivity index (χ1n) is 6.55. The Labute approximate surface area is 117 Å². The molecule has 110 valence electrons. The standard InChI is InChI=1S/C13H16FNO4S/c14-10-6-11(8-16)15(7-10)20(17,18)12-1-2-13-9(5-12)3-4-19-13/h1-2,5,10-11,16H,3-4,6-8H2/t10-,11-/m0/s1. The molecule has 1 N–H and O–H groups in total. The van der Waals surface area contributed by atoms with E-state index in [0.717, 1.165) is 9.87 Å². The second-order valence-corrected chi connectivity index (χ2v) is 7.00. The van der Waals surface area contributed by atoms with Gasteiger partial charge >= 0.3 is 0 Å². The Morgan fingerprint density at radius 2 is 2.25 bits per heavy atom. The molecular formula is C13H16FNO4S. The molecule has 1 aromatic rings. The number of nitrogens with zero attached hydrogens (tertiary/aromatic N) is 1. The SMILES string of the molecule is O=S(=O)(c1ccc2c(c1)CCO2)N1C[C@@H](F)C[C@H]1CO. The summed E-state index contributed by atoms with van der Waals surface area (Å²) in [5.74, 6) is 0.701. The molecule has 0 unspecified atom stereocenters. The lowest BCUT2D eigenvalue weighted by Crippen LogP contribution is -2.37. The summed E-state index contributed by atoms with van der Waals surface area (Å²) >= 11 is 0. The lowest BCUT2D eigenvalue weighted by molar-refractivity contribution is 0.213. The number of sulfonamides is 1. The molecule has 0 radical (unpaired) electrons. The Morgan fingerprint density at radius 1 is 1.45 bits per heavy atom. The van der Waals surface area contributed by atoms with E-state index in [2.05, 4.69) is 0 Å². The predicted molar refractivity (Wildman–Crippen MR) is 69.9 cm³/mol. The Hall–Kier alpha value is -1.18. The summed E-state index contributed by atoms with van der Waals surface area (Å²) in [7, 11) is -3.78. The van der Waals surface area contributed by atoms with Crippen LogP contribution in [-0.4, -0.2) is 49.8 Å². The second-order valence-electron chi connectivity index (χ2n) is 5.11. The molecule has 1 aromatic carbocycles. The third-order valence-corrected chi connectivity index (χ3v) is 5.71. The number of hydrogen-bond donors (Lipinski definition) is 1. The Morgan fingerprint density at radius 3 is 3.00 bits per heavy atom. The van der Waals surface area contributed by atoms with E-state index < -0.39 is 22.2 Å². The molecular weight excluding hydrogens is 285 g/mol. The number of fused-ring (bicyclic) bond motifs is 1. The summed E-state index contributed by atoms with van der Waals surface area (Å²) in [5, 5.41) is 9.23. The van der Waals surface area contributed by atoms with Crippen LogP contribution >= 0.6 is 0 Å². The molecule has 7 heteroatoms. The topological polar surface area (TPSA) is 66.8 Å². The highest BCUT2D eigenvalue weighted by Gasteiger charge is 2.40. The third-order valence-electron chi connectivity index (χ3n) is 3.79. The smallest absolute Gasteiger partial charge is 0.243 e. The van der Waals surface area contributed by atoms with Gasteiger partial charge in [0.05, 0.1) is 24.2 Å². The van der Waals surface area contributed by atoms with Gasteiger partial charge in [-0.1, -0.05) is 0 Å². The van der Waals surface area contributed by atoms with Crippen molar-refractivity contribution in [3.8, 4) is 5.75 Å². The zero-order valence-corrected chi connectivity index (χ0v) is 11.6. The molecule has 2 atom stereocenters. The van der Waals surface area contributed by atoms with E-state index in [1.54, 1.807) is 12.1 Å². The molecule has 20 heavy (non-hydrogen) atoms. The first-order valence-corrected chi connectivity index (χ1v) is 7.99. The molecule has 2 heterocycles. The average Bonchev–Trinajstić information content (AvgIpc) is 3.03. The zero-order valence-electron chi connectivity index (χ0n) is 10.8. The fraction of sp³-hybridized carbons (Fsp3) is 0.538. The third kappa shape index (κ3) is 2.19. The minimum Gasteiger partial charge on any atom is -0.493 e. The first-order chi connectivity index (χ1) is 9.52. The maximum atomic E-state index is 13.4. The summed E-state index contributed by atoms with van der Waals surface area (Å²) in [6, 6.07) is 4.00. The number of benzene rings is 1. The van der Waals surface area contributed by atoms with Crippen molar-refractivity contribution >= 4 is 10.0 Å². The number of rotatable bonds is 3. The molecule has 1 saturated heterocycles. The maximum Gasteiger partial charge on any atom is 0.243 e. The van der Waals surface area contributed by atoms with Gasteiger partial charge in [0.25, 0.3) is 0 Å². The van der Waals surface area contributed by atoms with Gasteiger partial charge < -0.3 is 9.84 Å². The fourth-order valence-electron chi connectivity index (χ4n) is 2.75. The molecule has 0 spiro atoms. The Bertz CT molecular complexity index is 619. The number of ether oxygens (including phenoxy) is 1. The number of alkyl halides is 1. The lowest BCUT2D eigenvalue weighted by Gasteiger charge is -2.22. The molecule has 0 aliphatic carbocycles. The zero-order chi connectivity index (χ0) is 14.3. The van der Waals surface area contributed by atoms with Crippen LogP contribution in [0.2, 0.25) is 0 Å². The molecule has 5 nitrogen and oxygen atoms in total. The van der Waals surface area contributed by atoms with Gasteiger partial charge in [-0.15, -0.1) is 0 Å². The van der Waals surface area contributed by atoms with Crippen molar-refractivity contribution in [3.05, 3.63) is 23.8 Å². The van der Waals surface area contributed by atoms with E-state index >= 15 is 0 Å². The van der Waals surface area contributed by atoms with Crippen LogP contribution in [0, 0.1) is 0 Å². The fourth-order valence-corrected chi connectivity index (χ4v) is 4.46. The summed E-state index contributed by atoms with van der Waals surface area (Å²) in [5.41, 5.74) is 0.850. The highest BCUT2D eigenvalue weighted by Crippen LogP contribution is 2.32. The van der Waals surface area contributed by atoms with Gasteiger partial charge in [-0.2, -0.15) is 4.31 Å². The van der Waals surface area contributed by atoms with Crippen LogP contribution in [0.3, 0.4) is 0 Å². The maximum absolute atomic E-state index is 13.4. The minimum absolute atomic E-state index is 0.0454. The molecule has 0 amide bonds. The Balaban J connectivity index is 1.95. The van der Waals surface area contributed by atoms with Crippen molar-refractivity contribution in [2.24, 2.45) is 0 Å². The summed E-state index contributed by atoms with van der Waals surface area (Å²) in [6.45, 7) is -0.0107. The molecule has 2 aliphatic heterocycles. The molecule has 0 bridgehead atoms. The minimum atomic E-state index is -3.78. The van der Waals surface area contributed by atoms with Crippen LogP contribution in [0.15, 0.2) is 23.1 Å². The van der Waals surface area contributed by atoms with E-state index in [0.29, 0.717) is 18.8 Å². The average molecular weight is 301 g/mol. The molecule has 0 aromatic heterocycles. The number of aliphatic hydroxyl groups is 1. The van der Waals surface area contributed by atoms with Crippen LogP contribution in [0.25, 0.3) is 0 Å². The monoisotopic (exact) mass is 301 g/mol. The van der Waals surface area contributed by atoms with Crippen LogP contribution in [-0.2, 0) is 16.4 Å². The van der Waals surface area contributed by atoms with Gasteiger partial charge in [-0.3, -0.25) is 0 Å². The summed E-state index contributed by atoms with van der Waals surface area (Å²) in [6.07, 6.45) is -0.503. The van der Waals surface area contributed by atoms with Gasteiger partial charge in [0.15, 0.2) is 0 Å². The van der Waals surface area contributed by atoms with Crippen molar-refractivity contribution in [3.63, 3.8) is 0 Å².